The molecule has 2 rings (SSSR count). The second-order valence-corrected chi connectivity index (χ2v) is 5.14. The van der Waals surface area contributed by atoms with Gasteiger partial charge in [0.25, 0.3) is 5.22 Å². The Morgan fingerprint density at radius 3 is 2.19 bits per heavy atom. The lowest BCUT2D eigenvalue weighted by molar-refractivity contribution is 0.491. The molecule has 1 heterocycles. The van der Waals surface area contributed by atoms with E-state index in [1.807, 2.05) is 0 Å². The monoisotopic (exact) mass is 235 g/mol. The number of nitrogens with zero attached hydrogens (tertiary/aromatic N) is 1. The smallest absolute Gasteiger partial charge is 0.253 e. The number of oxazole rings is 1. The Balaban J connectivity index is 2.70. The van der Waals surface area contributed by atoms with Gasteiger partial charge in [-0.3, -0.25) is 0 Å². The first kappa shape index (κ1) is 11.5. The van der Waals surface area contributed by atoms with Crippen molar-refractivity contribution in [2.45, 2.75) is 44.8 Å². The largest absolute Gasteiger partial charge is 0.432 e. The summed E-state index contributed by atoms with van der Waals surface area (Å²) in [6, 6.07) is 4.22. The Hall–Kier alpha value is -0.960. The van der Waals surface area contributed by atoms with Crippen molar-refractivity contribution in [1.29, 1.82) is 0 Å². The molecule has 3 heteroatoms. The fourth-order valence-electron chi connectivity index (χ4n) is 1.99. The molecule has 2 aromatic rings. The summed E-state index contributed by atoms with van der Waals surface area (Å²) in [5, 5.41) is 0.436. The molecule has 0 unspecified atom stereocenters. The van der Waals surface area contributed by atoms with Gasteiger partial charge < -0.3 is 4.42 Å². The second kappa shape index (κ2) is 4.13. The fraction of sp³-hybridized carbons (Fsp3) is 0.462. The molecule has 0 N–H and O–H groups in total. The average Bonchev–Trinajstić information content (AvgIpc) is 2.54. The average molecular weight is 235 g/mol. The highest BCUT2D eigenvalue weighted by Crippen LogP contribution is 2.31. The molecule has 0 amide bonds. The van der Waals surface area contributed by atoms with Crippen molar-refractivity contribution >= 4 is 23.7 Å². The van der Waals surface area contributed by atoms with Crippen molar-refractivity contribution < 1.29 is 4.42 Å². The van der Waals surface area contributed by atoms with Gasteiger partial charge in [-0.15, -0.1) is 0 Å². The maximum Gasteiger partial charge on any atom is 0.253 e. The van der Waals surface area contributed by atoms with Crippen LogP contribution in [-0.4, -0.2) is 4.98 Å². The first-order valence-corrected chi connectivity index (χ1v) is 6.07. The van der Waals surface area contributed by atoms with Crippen LogP contribution in [0, 0.1) is 0 Å². The van der Waals surface area contributed by atoms with E-state index in [0.29, 0.717) is 17.1 Å². The van der Waals surface area contributed by atoms with Crippen molar-refractivity contribution in [2.24, 2.45) is 0 Å². The summed E-state index contributed by atoms with van der Waals surface area (Å²) in [6.07, 6.45) is 0. The summed E-state index contributed by atoms with van der Waals surface area (Å²) in [5.74, 6) is 0.997. The molecule has 86 valence electrons. The minimum absolute atomic E-state index is 0.436. The molecule has 0 fully saturated rings. The molecule has 0 saturated carbocycles. The zero-order valence-electron chi connectivity index (χ0n) is 10.1. The predicted octanol–water partition coefficient (Wildman–Crippen LogP) is 4.36. The van der Waals surface area contributed by atoms with Crippen LogP contribution in [0.25, 0.3) is 11.1 Å². The molecule has 0 atom stereocenters. The Kier molecular flexibility index (Phi) is 2.98. The Bertz CT molecular complexity index is 469. The van der Waals surface area contributed by atoms with Crippen LogP contribution in [0.4, 0.5) is 0 Å². The van der Waals surface area contributed by atoms with Gasteiger partial charge in [0.15, 0.2) is 5.58 Å². The molecule has 0 radical (unpaired) electrons. The van der Waals surface area contributed by atoms with Crippen molar-refractivity contribution in [3.05, 3.63) is 23.3 Å². The topological polar surface area (TPSA) is 26.0 Å². The third-order valence-corrected chi connectivity index (χ3v) is 3.02. The Morgan fingerprint density at radius 2 is 1.62 bits per heavy atom. The summed E-state index contributed by atoms with van der Waals surface area (Å²) in [5.41, 5.74) is 4.42. The molecule has 16 heavy (non-hydrogen) atoms. The first-order valence-electron chi connectivity index (χ1n) is 5.62. The molecular weight excluding hydrogens is 218 g/mol. The van der Waals surface area contributed by atoms with E-state index in [-0.39, 0.29) is 0 Å². The molecular formula is C13H17NOS. The first-order chi connectivity index (χ1) is 7.49. The van der Waals surface area contributed by atoms with Crippen LogP contribution in [0.1, 0.15) is 50.7 Å². The maximum absolute atomic E-state index is 5.45. The predicted molar refractivity (Wildman–Crippen MR) is 69.4 cm³/mol. The Morgan fingerprint density at radius 1 is 1.06 bits per heavy atom. The van der Waals surface area contributed by atoms with E-state index < -0.39 is 0 Å². The zero-order chi connectivity index (χ0) is 11.9. The third kappa shape index (κ3) is 1.96. The van der Waals surface area contributed by atoms with E-state index in [9.17, 15) is 0 Å². The quantitative estimate of drug-likeness (QED) is 0.782. The summed E-state index contributed by atoms with van der Waals surface area (Å²) in [6.45, 7) is 8.81. The minimum Gasteiger partial charge on any atom is -0.432 e. The van der Waals surface area contributed by atoms with E-state index in [2.05, 4.69) is 57.4 Å². The minimum atomic E-state index is 0.436. The van der Waals surface area contributed by atoms with E-state index in [0.717, 1.165) is 11.1 Å². The number of rotatable bonds is 2. The number of fused-ring (bicyclic) bond motifs is 1. The van der Waals surface area contributed by atoms with Crippen molar-refractivity contribution in [3.8, 4) is 0 Å². The van der Waals surface area contributed by atoms with Crippen molar-refractivity contribution in [1.82, 2.24) is 4.98 Å². The van der Waals surface area contributed by atoms with Gasteiger partial charge in [-0.2, -0.15) is 0 Å². The highest BCUT2D eigenvalue weighted by Gasteiger charge is 2.14. The molecule has 0 spiro atoms. The highest BCUT2D eigenvalue weighted by atomic mass is 32.1. The van der Waals surface area contributed by atoms with E-state index in [1.165, 1.54) is 11.1 Å². The highest BCUT2D eigenvalue weighted by molar-refractivity contribution is 7.80. The summed E-state index contributed by atoms with van der Waals surface area (Å²) in [4.78, 5) is 4.25. The molecule has 0 aliphatic carbocycles. The van der Waals surface area contributed by atoms with E-state index in [1.54, 1.807) is 0 Å². The van der Waals surface area contributed by atoms with Crippen LogP contribution in [-0.2, 0) is 0 Å². The normalized spacial score (nSPS) is 11.9. The lowest BCUT2D eigenvalue weighted by atomic mass is 9.90. The van der Waals surface area contributed by atoms with Crippen LogP contribution in [0.5, 0.6) is 0 Å². The number of thiol groups is 1. The van der Waals surface area contributed by atoms with Gasteiger partial charge in [-0.05, 0) is 35.1 Å². The van der Waals surface area contributed by atoms with Gasteiger partial charge >= 0.3 is 0 Å². The number of aromatic nitrogens is 1. The number of benzene rings is 1. The Labute approximate surface area is 101 Å². The molecule has 0 aliphatic heterocycles. The van der Waals surface area contributed by atoms with Crippen LogP contribution in [0.3, 0.4) is 0 Å². The molecule has 2 nitrogen and oxygen atoms in total. The second-order valence-electron chi connectivity index (χ2n) is 4.75. The van der Waals surface area contributed by atoms with Crippen LogP contribution in [0.15, 0.2) is 21.8 Å². The van der Waals surface area contributed by atoms with Crippen LogP contribution >= 0.6 is 12.6 Å². The molecule has 0 bridgehead atoms. The summed E-state index contributed by atoms with van der Waals surface area (Å²) in [7, 11) is 0. The van der Waals surface area contributed by atoms with Gasteiger partial charge in [0, 0.05) is 0 Å². The van der Waals surface area contributed by atoms with E-state index >= 15 is 0 Å². The lowest BCUT2D eigenvalue weighted by Gasteiger charge is -2.15. The standard InChI is InChI=1S/C13H17NOS/c1-7(2)9-5-11-12(15-13(16)14-11)6-10(9)8(3)4/h5-8H,1-4H3,(H,14,16). The summed E-state index contributed by atoms with van der Waals surface area (Å²) >= 11 is 4.14. The third-order valence-electron chi connectivity index (χ3n) is 2.83. The van der Waals surface area contributed by atoms with Crippen molar-refractivity contribution in [2.75, 3.05) is 0 Å². The van der Waals surface area contributed by atoms with Crippen LogP contribution in [0.2, 0.25) is 0 Å². The van der Waals surface area contributed by atoms with Gasteiger partial charge in [0.1, 0.15) is 5.52 Å². The van der Waals surface area contributed by atoms with Crippen LogP contribution < -0.4 is 0 Å². The van der Waals surface area contributed by atoms with Gasteiger partial charge in [-0.25, -0.2) is 4.98 Å². The van der Waals surface area contributed by atoms with Gasteiger partial charge in [0.2, 0.25) is 0 Å². The zero-order valence-corrected chi connectivity index (χ0v) is 11.0. The molecule has 1 aromatic heterocycles. The van der Waals surface area contributed by atoms with Gasteiger partial charge in [-0.1, -0.05) is 40.3 Å². The maximum atomic E-state index is 5.45. The molecule has 1 aromatic carbocycles. The molecule has 0 saturated heterocycles. The number of hydrogen-bond acceptors (Lipinski definition) is 3. The van der Waals surface area contributed by atoms with Gasteiger partial charge in [0.05, 0.1) is 0 Å². The van der Waals surface area contributed by atoms with E-state index in [4.69, 9.17) is 4.42 Å². The fourth-order valence-corrected chi connectivity index (χ4v) is 2.20. The SMILES string of the molecule is CC(C)c1cc2nc(S)oc2cc1C(C)C. The van der Waals surface area contributed by atoms with Crippen molar-refractivity contribution in [3.63, 3.8) is 0 Å². The number of hydrogen-bond donors (Lipinski definition) is 1. The summed E-state index contributed by atoms with van der Waals surface area (Å²) < 4.78 is 5.45. The lowest BCUT2D eigenvalue weighted by Crippen LogP contribution is -1.98. The molecule has 0 aliphatic rings.